The molecule has 0 aliphatic carbocycles. The summed E-state index contributed by atoms with van der Waals surface area (Å²) in [6.07, 6.45) is 1.56. The number of nitrogens with one attached hydrogen (secondary N) is 2. The van der Waals surface area contributed by atoms with Crippen LogP contribution < -0.4 is 26.0 Å². The van der Waals surface area contributed by atoms with Gasteiger partial charge in [-0.15, -0.1) is 0 Å². The highest BCUT2D eigenvalue weighted by Crippen LogP contribution is 2.26. The summed E-state index contributed by atoms with van der Waals surface area (Å²) in [6.45, 7) is 11.1. The van der Waals surface area contributed by atoms with Gasteiger partial charge in [0, 0.05) is 17.6 Å². The molecule has 1 aromatic carbocycles. The van der Waals surface area contributed by atoms with Crippen molar-refractivity contribution in [1.82, 2.24) is 15.5 Å². The fraction of sp³-hybridized carbons (Fsp3) is 0.619. The number of halogens is 1. The van der Waals surface area contributed by atoms with Gasteiger partial charge < -0.3 is 10.1 Å². The Balaban J connectivity index is 1.92. The van der Waals surface area contributed by atoms with E-state index in [2.05, 4.69) is 27.4 Å². The first kappa shape index (κ1) is 22.3. The number of hydrogen-bond donors (Lipinski definition) is 3. The van der Waals surface area contributed by atoms with Crippen LogP contribution in [-0.4, -0.2) is 61.4 Å². The Bertz CT molecular complexity index is 805. The maximum absolute atomic E-state index is 14.4. The molecule has 2 heterocycles. The van der Waals surface area contributed by atoms with Crippen LogP contribution >= 0.6 is 0 Å². The Labute approximate surface area is 178 Å². The van der Waals surface area contributed by atoms with Crippen LogP contribution in [0.1, 0.15) is 40.5 Å². The summed E-state index contributed by atoms with van der Waals surface area (Å²) in [6, 6.07) is 5.12. The predicted molar refractivity (Wildman–Crippen MR) is 119 cm³/mol. The van der Waals surface area contributed by atoms with Gasteiger partial charge in [0.05, 0.1) is 19.3 Å². The minimum atomic E-state index is -0.742. The summed E-state index contributed by atoms with van der Waals surface area (Å²) < 4.78 is 19.4. The number of guanidine groups is 2. The quantitative estimate of drug-likeness (QED) is 0.677. The van der Waals surface area contributed by atoms with E-state index < -0.39 is 12.1 Å². The summed E-state index contributed by atoms with van der Waals surface area (Å²) in [4.78, 5) is 13.5. The molecule has 0 radical (unpaired) electrons. The lowest BCUT2D eigenvalue weighted by molar-refractivity contribution is 0.273. The molecule has 3 rings (SSSR count). The van der Waals surface area contributed by atoms with Crippen molar-refractivity contribution in [3.8, 4) is 5.75 Å². The molecule has 166 valence electrons. The van der Waals surface area contributed by atoms with E-state index in [1.165, 1.54) is 19.6 Å². The van der Waals surface area contributed by atoms with Gasteiger partial charge in [0.15, 0.2) is 17.9 Å². The first-order chi connectivity index (χ1) is 14.2. The average molecular weight is 420 g/mol. The number of hydrogen-bond acceptors (Lipinski definition) is 6. The number of nitrogens with zero attached hydrogens (tertiary/aromatic N) is 4. The average Bonchev–Trinajstić information content (AvgIpc) is 3.12. The van der Waals surface area contributed by atoms with E-state index >= 15 is 0 Å². The van der Waals surface area contributed by atoms with E-state index in [9.17, 15) is 4.39 Å². The van der Waals surface area contributed by atoms with Gasteiger partial charge in [-0.1, -0.05) is 6.92 Å². The number of anilines is 1. The fourth-order valence-electron chi connectivity index (χ4n) is 3.84. The lowest BCUT2D eigenvalue weighted by atomic mass is 10.1. The molecule has 0 spiro atoms. The summed E-state index contributed by atoms with van der Waals surface area (Å²) in [7, 11) is 1.44. The standard InChI is InChI=1S/C21H34FN7O/c1-6-28-11-7-8-15(28)13-24-20-26-19(27-21(2,3)4)25-18(23)29(20)14-9-10-17(30-5)16(22)12-14/h9-10,12,15,18H,6-8,11,13,23H2,1-5H3,(H2,24,25,26,27). The van der Waals surface area contributed by atoms with E-state index in [0.717, 1.165) is 19.5 Å². The van der Waals surface area contributed by atoms with Crippen molar-refractivity contribution in [1.29, 1.82) is 0 Å². The minimum absolute atomic E-state index is 0.180. The van der Waals surface area contributed by atoms with Gasteiger partial charge in [-0.05, 0) is 58.8 Å². The van der Waals surface area contributed by atoms with Gasteiger partial charge in [0.25, 0.3) is 0 Å². The van der Waals surface area contributed by atoms with E-state index in [1.54, 1.807) is 17.0 Å². The highest BCUT2D eigenvalue weighted by molar-refractivity contribution is 6.09. The molecule has 30 heavy (non-hydrogen) atoms. The molecule has 2 atom stereocenters. The van der Waals surface area contributed by atoms with Crippen LogP contribution in [0.2, 0.25) is 0 Å². The smallest absolute Gasteiger partial charge is 0.208 e. The highest BCUT2D eigenvalue weighted by Gasteiger charge is 2.30. The monoisotopic (exact) mass is 419 g/mol. The van der Waals surface area contributed by atoms with Gasteiger partial charge in [-0.3, -0.25) is 25.8 Å². The lowest BCUT2D eigenvalue weighted by Gasteiger charge is -2.36. The van der Waals surface area contributed by atoms with Crippen LogP contribution in [-0.2, 0) is 0 Å². The lowest BCUT2D eigenvalue weighted by Crippen LogP contribution is -2.62. The third-order valence-corrected chi connectivity index (χ3v) is 5.25. The normalized spacial score (nSPS) is 24.0. The molecule has 2 aliphatic rings. The van der Waals surface area contributed by atoms with Gasteiger partial charge in [-0.2, -0.15) is 0 Å². The number of likely N-dealkylation sites (N-methyl/N-ethyl adjacent to an activating group) is 1. The van der Waals surface area contributed by atoms with Crippen molar-refractivity contribution in [2.24, 2.45) is 15.7 Å². The molecule has 0 amide bonds. The molecule has 4 N–H and O–H groups in total. The van der Waals surface area contributed by atoms with Crippen LogP contribution in [0.5, 0.6) is 5.75 Å². The molecule has 0 saturated carbocycles. The molecule has 0 bridgehead atoms. The number of benzene rings is 1. The number of nitrogens with two attached hydrogens (primary N) is 1. The van der Waals surface area contributed by atoms with Crippen LogP contribution in [0.15, 0.2) is 28.2 Å². The summed E-state index contributed by atoms with van der Waals surface area (Å²) in [5, 5.41) is 6.57. The van der Waals surface area contributed by atoms with Crippen LogP contribution in [0.3, 0.4) is 0 Å². The minimum Gasteiger partial charge on any atom is -0.494 e. The third-order valence-electron chi connectivity index (χ3n) is 5.25. The van der Waals surface area contributed by atoms with Crippen molar-refractivity contribution in [3.63, 3.8) is 0 Å². The molecule has 1 aromatic rings. The first-order valence-electron chi connectivity index (χ1n) is 10.5. The summed E-state index contributed by atoms with van der Waals surface area (Å²) >= 11 is 0. The highest BCUT2D eigenvalue weighted by atomic mass is 19.1. The first-order valence-corrected chi connectivity index (χ1v) is 10.5. The molecular weight excluding hydrogens is 385 g/mol. The molecule has 8 nitrogen and oxygen atoms in total. The van der Waals surface area contributed by atoms with Gasteiger partial charge in [-0.25, -0.2) is 9.38 Å². The van der Waals surface area contributed by atoms with Gasteiger partial charge in [0.2, 0.25) is 11.9 Å². The van der Waals surface area contributed by atoms with Crippen molar-refractivity contribution < 1.29 is 9.13 Å². The molecular formula is C21H34FN7O. The van der Waals surface area contributed by atoms with Crippen LogP contribution in [0.25, 0.3) is 0 Å². The maximum atomic E-state index is 14.4. The van der Waals surface area contributed by atoms with E-state index in [1.807, 2.05) is 20.8 Å². The number of aliphatic imine (C=N–C) groups is 2. The molecule has 1 saturated heterocycles. The number of ether oxygens (including phenoxy) is 1. The summed E-state index contributed by atoms with van der Waals surface area (Å²) in [5.74, 6) is 0.825. The van der Waals surface area contributed by atoms with Crippen molar-refractivity contribution in [2.75, 3.05) is 31.6 Å². The maximum Gasteiger partial charge on any atom is 0.208 e. The summed E-state index contributed by atoms with van der Waals surface area (Å²) in [5.41, 5.74) is 6.74. The number of rotatable bonds is 5. The SMILES string of the molecule is CCN1CCCC1CN=C1NC(NC(C)(C)C)=NC(N)N1c1ccc(OC)c(F)c1. The second kappa shape index (κ2) is 9.18. The molecule has 2 unspecified atom stereocenters. The van der Waals surface area contributed by atoms with Gasteiger partial charge >= 0.3 is 0 Å². The zero-order chi connectivity index (χ0) is 21.9. The van der Waals surface area contributed by atoms with E-state index in [4.69, 9.17) is 15.5 Å². The zero-order valence-electron chi connectivity index (χ0n) is 18.6. The van der Waals surface area contributed by atoms with Crippen LogP contribution in [0.4, 0.5) is 10.1 Å². The zero-order valence-corrected chi connectivity index (χ0v) is 18.6. The van der Waals surface area contributed by atoms with E-state index in [0.29, 0.717) is 30.2 Å². The fourth-order valence-corrected chi connectivity index (χ4v) is 3.84. The predicted octanol–water partition coefficient (Wildman–Crippen LogP) is 2.07. The Morgan fingerprint density at radius 2 is 2.17 bits per heavy atom. The van der Waals surface area contributed by atoms with Crippen molar-refractivity contribution in [3.05, 3.63) is 24.0 Å². The number of methoxy groups -OCH3 is 1. The van der Waals surface area contributed by atoms with Crippen molar-refractivity contribution >= 4 is 17.6 Å². The second-order valence-corrected chi connectivity index (χ2v) is 8.67. The molecule has 2 aliphatic heterocycles. The van der Waals surface area contributed by atoms with Gasteiger partial charge in [0.1, 0.15) is 0 Å². The number of likely N-dealkylation sites (tertiary alicyclic amines) is 1. The van der Waals surface area contributed by atoms with Crippen LogP contribution in [0, 0.1) is 5.82 Å². The molecule has 0 aromatic heterocycles. The second-order valence-electron chi connectivity index (χ2n) is 8.67. The third kappa shape index (κ3) is 5.20. The largest absolute Gasteiger partial charge is 0.494 e. The molecule has 9 heteroatoms. The Morgan fingerprint density at radius 3 is 2.80 bits per heavy atom. The molecule has 1 fully saturated rings. The topological polar surface area (TPSA) is 90.5 Å². The van der Waals surface area contributed by atoms with Crippen molar-refractivity contribution in [2.45, 2.75) is 58.4 Å². The Kier molecular flexibility index (Phi) is 6.82. The Hall–Kier alpha value is -2.39. The Morgan fingerprint density at radius 1 is 1.40 bits per heavy atom. The van der Waals surface area contributed by atoms with E-state index in [-0.39, 0.29) is 11.3 Å².